The largest absolute Gasteiger partial charge is 0.311 e. The molecule has 1 aliphatic rings. The standard InChI is InChI=1S/C12H8BrN3O/c13-10-4-12(17)16(7-10)11-2-1-8(5-14)9(3-11)6-15/h1-3,10H,4,7H2. The summed E-state index contributed by atoms with van der Waals surface area (Å²) in [4.78, 5) is 13.5. The molecule has 1 aliphatic heterocycles. The number of alkyl halides is 1. The Morgan fingerprint density at radius 3 is 2.53 bits per heavy atom. The molecule has 5 heteroatoms. The molecule has 1 unspecified atom stereocenters. The molecule has 1 aromatic rings. The smallest absolute Gasteiger partial charge is 0.228 e. The van der Waals surface area contributed by atoms with Gasteiger partial charge in [0.1, 0.15) is 12.1 Å². The van der Waals surface area contributed by atoms with Gasteiger partial charge in [-0.1, -0.05) is 15.9 Å². The van der Waals surface area contributed by atoms with Gasteiger partial charge >= 0.3 is 0 Å². The molecule has 1 amide bonds. The maximum atomic E-state index is 11.7. The first kappa shape index (κ1) is 11.6. The second kappa shape index (κ2) is 4.57. The first-order chi connectivity index (χ1) is 8.15. The fraction of sp³-hybridized carbons (Fsp3) is 0.250. The quantitative estimate of drug-likeness (QED) is 0.742. The highest BCUT2D eigenvalue weighted by atomic mass is 79.9. The zero-order valence-electron chi connectivity index (χ0n) is 8.85. The zero-order valence-corrected chi connectivity index (χ0v) is 10.4. The van der Waals surface area contributed by atoms with Gasteiger partial charge in [-0.15, -0.1) is 0 Å². The number of amides is 1. The molecule has 0 saturated carbocycles. The summed E-state index contributed by atoms with van der Waals surface area (Å²) in [6, 6.07) is 8.77. The summed E-state index contributed by atoms with van der Waals surface area (Å²) in [5.41, 5.74) is 1.31. The monoisotopic (exact) mass is 289 g/mol. The van der Waals surface area contributed by atoms with Crippen LogP contribution in [0.3, 0.4) is 0 Å². The molecule has 0 aromatic heterocycles. The molecular formula is C12H8BrN3O. The number of anilines is 1. The summed E-state index contributed by atoms with van der Waals surface area (Å²) in [5.74, 6) is 0.0282. The van der Waals surface area contributed by atoms with Gasteiger partial charge in [-0.2, -0.15) is 10.5 Å². The van der Waals surface area contributed by atoms with Crippen molar-refractivity contribution in [1.82, 2.24) is 0 Å². The molecule has 2 rings (SSSR count). The number of nitrogens with zero attached hydrogens (tertiary/aromatic N) is 3. The van der Waals surface area contributed by atoms with Crippen molar-refractivity contribution in [3.05, 3.63) is 29.3 Å². The summed E-state index contributed by atoms with van der Waals surface area (Å²) in [6.45, 7) is 0.593. The Bertz CT molecular complexity index is 556. The molecule has 0 radical (unpaired) electrons. The van der Waals surface area contributed by atoms with Gasteiger partial charge in [0.25, 0.3) is 0 Å². The number of carbonyl (C=O) groups excluding carboxylic acids is 1. The SMILES string of the molecule is N#Cc1ccc(N2CC(Br)CC2=O)cc1C#N. The van der Waals surface area contributed by atoms with E-state index in [4.69, 9.17) is 10.5 Å². The van der Waals surface area contributed by atoms with Crippen molar-refractivity contribution in [3.63, 3.8) is 0 Å². The molecule has 0 spiro atoms. The summed E-state index contributed by atoms with van der Waals surface area (Å²) < 4.78 is 0. The van der Waals surface area contributed by atoms with Crippen molar-refractivity contribution in [3.8, 4) is 12.1 Å². The third kappa shape index (κ3) is 2.15. The molecule has 1 fully saturated rings. The molecule has 1 aromatic carbocycles. The van der Waals surface area contributed by atoms with Gasteiger partial charge in [0.2, 0.25) is 5.91 Å². The van der Waals surface area contributed by atoms with Crippen molar-refractivity contribution < 1.29 is 4.79 Å². The number of halogens is 1. The van der Waals surface area contributed by atoms with E-state index in [1.54, 1.807) is 23.1 Å². The van der Waals surface area contributed by atoms with E-state index in [1.807, 2.05) is 12.1 Å². The molecule has 1 atom stereocenters. The van der Waals surface area contributed by atoms with Crippen molar-refractivity contribution in [1.29, 1.82) is 10.5 Å². The molecule has 84 valence electrons. The van der Waals surface area contributed by atoms with Gasteiger partial charge in [0.05, 0.1) is 11.1 Å². The van der Waals surface area contributed by atoms with Gasteiger partial charge in [-0.3, -0.25) is 4.79 Å². The lowest BCUT2D eigenvalue weighted by Gasteiger charge is -2.16. The van der Waals surface area contributed by atoms with Crippen LogP contribution in [-0.4, -0.2) is 17.3 Å². The van der Waals surface area contributed by atoms with Gasteiger partial charge < -0.3 is 4.90 Å². The van der Waals surface area contributed by atoms with Crippen LogP contribution in [0.5, 0.6) is 0 Å². The minimum Gasteiger partial charge on any atom is -0.311 e. The predicted octanol–water partition coefficient (Wildman–Crippen LogP) is 1.93. The number of carbonyl (C=O) groups is 1. The van der Waals surface area contributed by atoms with E-state index in [0.29, 0.717) is 29.8 Å². The predicted molar refractivity (Wildman–Crippen MR) is 65.6 cm³/mol. The first-order valence-electron chi connectivity index (χ1n) is 5.04. The van der Waals surface area contributed by atoms with Crippen molar-refractivity contribution in [2.45, 2.75) is 11.2 Å². The average Bonchev–Trinajstić information content (AvgIpc) is 2.67. The van der Waals surface area contributed by atoms with Gasteiger partial charge in [0, 0.05) is 23.5 Å². The van der Waals surface area contributed by atoms with Crippen LogP contribution in [0, 0.1) is 22.7 Å². The van der Waals surface area contributed by atoms with Crippen molar-refractivity contribution in [2.24, 2.45) is 0 Å². The normalized spacial score (nSPS) is 18.9. The van der Waals surface area contributed by atoms with Crippen LogP contribution in [-0.2, 0) is 4.79 Å². The highest BCUT2D eigenvalue weighted by molar-refractivity contribution is 9.09. The van der Waals surface area contributed by atoms with Gasteiger partial charge in [-0.25, -0.2) is 0 Å². The second-order valence-corrected chi connectivity index (χ2v) is 5.05. The number of hydrogen-bond acceptors (Lipinski definition) is 3. The van der Waals surface area contributed by atoms with Crippen LogP contribution in [0.4, 0.5) is 5.69 Å². The molecule has 1 heterocycles. The fourth-order valence-corrected chi connectivity index (χ4v) is 2.37. The molecule has 4 nitrogen and oxygen atoms in total. The Morgan fingerprint density at radius 1 is 1.29 bits per heavy atom. The van der Waals surface area contributed by atoms with E-state index < -0.39 is 0 Å². The Balaban J connectivity index is 2.39. The van der Waals surface area contributed by atoms with Crippen LogP contribution in [0.15, 0.2) is 18.2 Å². The van der Waals surface area contributed by atoms with Crippen LogP contribution >= 0.6 is 15.9 Å². The van der Waals surface area contributed by atoms with Crippen molar-refractivity contribution in [2.75, 3.05) is 11.4 Å². The third-order valence-electron chi connectivity index (χ3n) is 2.63. The second-order valence-electron chi connectivity index (χ2n) is 3.76. The minimum atomic E-state index is 0.0282. The number of hydrogen-bond donors (Lipinski definition) is 0. The van der Waals surface area contributed by atoms with Crippen LogP contribution in [0.1, 0.15) is 17.5 Å². The summed E-state index contributed by atoms with van der Waals surface area (Å²) in [7, 11) is 0. The topological polar surface area (TPSA) is 67.9 Å². The van der Waals surface area contributed by atoms with Crippen molar-refractivity contribution >= 4 is 27.5 Å². The molecule has 0 N–H and O–H groups in total. The Kier molecular flexibility index (Phi) is 3.12. The molecule has 17 heavy (non-hydrogen) atoms. The summed E-state index contributed by atoms with van der Waals surface area (Å²) in [5, 5.41) is 17.7. The van der Waals surface area contributed by atoms with E-state index >= 15 is 0 Å². The van der Waals surface area contributed by atoms with E-state index in [1.165, 1.54) is 0 Å². The maximum Gasteiger partial charge on any atom is 0.228 e. The minimum absolute atomic E-state index is 0.0282. The summed E-state index contributed by atoms with van der Waals surface area (Å²) in [6.07, 6.45) is 0.460. The molecule has 0 aliphatic carbocycles. The molecule has 1 saturated heterocycles. The van der Waals surface area contributed by atoms with E-state index in [9.17, 15) is 4.79 Å². The highest BCUT2D eigenvalue weighted by Gasteiger charge is 2.29. The molecule has 0 bridgehead atoms. The van der Waals surface area contributed by atoms with Gasteiger partial charge in [-0.05, 0) is 18.2 Å². The van der Waals surface area contributed by atoms with Gasteiger partial charge in [0.15, 0.2) is 0 Å². The lowest BCUT2D eigenvalue weighted by Crippen LogP contribution is -2.24. The first-order valence-corrected chi connectivity index (χ1v) is 5.96. The Hall–Kier alpha value is -1.85. The number of nitriles is 2. The van der Waals surface area contributed by atoms with E-state index in [-0.39, 0.29) is 10.7 Å². The third-order valence-corrected chi connectivity index (χ3v) is 3.25. The van der Waals surface area contributed by atoms with E-state index in [0.717, 1.165) is 0 Å². The van der Waals surface area contributed by atoms with Crippen LogP contribution in [0.2, 0.25) is 0 Å². The van der Waals surface area contributed by atoms with Crippen LogP contribution in [0.25, 0.3) is 0 Å². The zero-order chi connectivity index (χ0) is 12.4. The Labute approximate surface area is 107 Å². The number of benzene rings is 1. The maximum absolute atomic E-state index is 11.7. The Morgan fingerprint density at radius 2 is 2.00 bits per heavy atom. The summed E-state index contributed by atoms with van der Waals surface area (Å²) >= 11 is 3.40. The lowest BCUT2D eigenvalue weighted by molar-refractivity contribution is -0.117. The highest BCUT2D eigenvalue weighted by Crippen LogP contribution is 2.26. The fourth-order valence-electron chi connectivity index (χ4n) is 1.80. The van der Waals surface area contributed by atoms with Crippen LogP contribution < -0.4 is 4.90 Å². The lowest BCUT2D eigenvalue weighted by atomic mass is 10.1. The van der Waals surface area contributed by atoms with E-state index in [2.05, 4.69) is 15.9 Å². The average molecular weight is 290 g/mol. The number of rotatable bonds is 1. The molecular weight excluding hydrogens is 282 g/mol.